The fourth-order valence-electron chi connectivity index (χ4n) is 4.14. The number of fused-ring (bicyclic) bond motifs is 1. The highest BCUT2D eigenvalue weighted by Gasteiger charge is 2.25. The van der Waals surface area contributed by atoms with E-state index in [1.54, 1.807) is 0 Å². The van der Waals surface area contributed by atoms with Gasteiger partial charge in [0.05, 0.1) is 0 Å². The van der Waals surface area contributed by atoms with E-state index in [0.29, 0.717) is 5.92 Å². The first-order valence-corrected chi connectivity index (χ1v) is 9.96. The summed E-state index contributed by atoms with van der Waals surface area (Å²) in [5, 5.41) is 5.31. The number of nitrogens with zero attached hydrogens (tertiary/aromatic N) is 1. The third-order valence-corrected chi connectivity index (χ3v) is 5.82. The maximum atomic E-state index is 12.6. The minimum absolute atomic E-state index is 0.00916. The Kier molecular flexibility index (Phi) is 4.30. The molecule has 2 N–H and O–H groups in total. The third-order valence-electron chi connectivity index (χ3n) is 5.82. The smallest absolute Gasteiger partial charge is 0.256 e. The van der Waals surface area contributed by atoms with Crippen LogP contribution < -0.4 is 10.9 Å². The van der Waals surface area contributed by atoms with Crippen LogP contribution in [-0.4, -0.2) is 36.1 Å². The van der Waals surface area contributed by atoms with Crippen LogP contribution in [0.2, 0.25) is 0 Å². The molecule has 4 heteroatoms. The molecule has 0 unspecified atom stereocenters. The van der Waals surface area contributed by atoms with Gasteiger partial charge in [-0.25, -0.2) is 0 Å². The average molecular weight is 359 g/mol. The fourth-order valence-corrected chi connectivity index (χ4v) is 4.14. The molecule has 0 spiro atoms. The molecule has 138 valence electrons. The zero-order valence-corrected chi connectivity index (χ0v) is 15.5. The van der Waals surface area contributed by atoms with Crippen LogP contribution >= 0.6 is 0 Å². The summed E-state index contributed by atoms with van der Waals surface area (Å²) in [7, 11) is 0. The maximum absolute atomic E-state index is 12.6. The molecular weight excluding hydrogens is 334 g/mol. The van der Waals surface area contributed by atoms with Gasteiger partial charge in [0.2, 0.25) is 0 Å². The number of nitrogens with one attached hydrogen (secondary N) is 2. The highest BCUT2D eigenvalue weighted by atomic mass is 16.1. The van der Waals surface area contributed by atoms with Crippen LogP contribution in [0, 0.1) is 0 Å². The molecule has 2 heterocycles. The number of aromatic amines is 1. The Morgan fingerprint density at radius 3 is 2.48 bits per heavy atom. The molecule has 2 fully saturated rings. The van der Waals surface area contributed by atoms with Crippen molar-refractivity contribution >= 4 is 10.8 Å². The average Bonchev–Trinajstić information content (AvgIpc) is 3.54. The van der Waals surface area contributed by atoms with Crippen molar-refractivity contribution in [3.05, 3.63) is 70.0 Å². The summed E-state index contributed by atoms with van der Waals surface area (Å²) in [5.74, 6) is 0.629. The predicted octanol–water partition coefficient (Wildman–Crippen LogP) is 3.48. The molecule has 1 aliphatic heterocycles. The van der Waals surface area contributed by atoms with Crippen LogP contribution in [0.3, 0.4) is 0 Å². The zero-order valence-electron chi connectivity index (χ0n) is 15.5. The largest absolute Gasteiger partial charge is 0.321 e. The quantitative estimate of drug-likeness (QED) is 0.750. The molecule has 4 nitrogen and oxygen atoms in total. The summed E-state index contributed by atoms with van der Waals surface area (Å²) >= 11 is 0. The normalized spacial score (nSPS) is 18.1. The van der Waals surface area contributed by atoms with E-state index in [0.717, 1.165) is 54.8 Å². The van der Waals surface area contributed by atoms with Crippen molar-refractivity contribution in [1.82, 2.24) is 15.2 Å². The molecule has 1 aromatic heterocycles. The summed E-state index contributed by atoms with van der Waals surface area (Å²) in [6, 6.07) is 16.9. The minimum Gasteiger partial charge on any atom is -0.321 e. The number of rotatable bonds is 4. The van der Waals surface area contributed by atoms with Gasteiger partial charge in [-0.05, 0) is 53.0 Å². The number of hydrogen-bond acceptors (Lipinski definition) is 3. The van der Waals surface area contributed by atoms with Crippen molar-refractivity contribution in [2.75, 3.05) is 26.2 Å². The second-order valence-corrected chi connectivity index (χ2v) is 7.82. The molecule has 1 saturated heterocycles. The summed E-state index contributed by atoms with van der Waals surface area (Å²) in [4.78, 5) is 18.2. The van der Waals surface area contributed by atoms with Gasteiger partial charge in [0, 0.05) is 43.8 Å². The Morgan fingerprint density at radius 1 is 0.963 bits per heavy atom. The lowest BCUT2D eigenvalue weighted by Crippen LogP contribution is -2.42. The van der Waals surface area contributed by atoms with E-state index in [1.165, 1.54) is 24.0 Å². The summed E-state index contributed by atoms with van der Waals surface area (Å²) in [5.41, 5.74) is 4.64. The first kappa shape index (κ1) is 16.7. The van der Waals surface area contributed by atoms with Gasteiger partial charge in [-0.2, -0.15) is 0 Å². The number of piperazine rings is 1. The number of benzene rings is 2. The highest BCUT2D eigenvalue weighted by molar-refractivity contribution is 5.88. The monoisotopic (exact) mass is 359 g/mol. The van der Waals surface area contributed by atoms with Gasteiger partial charge in [0.15, 0.2) is 0 Å². The van der Waals surface area contributed by atoms with Gasteiger partial charge in [0.1, 0.15) is 0 Å². The van der Waals surface area contributed by atoms with Crippen molar-refractivity contribution in [3.63, 3.8) is 0 Å². The zero-order chi connectivity index (χ0) is 18.2. The maximum Gasteiger partial charge on any atom is 0.256 e. The van der Waals surface area contributed by atoms with E-state index in [1.807, 2.05) is 12.1 Å². The minimum atomic E-state index is 0.00916. The van der Waals surface area contributed by atoms with Gasteiger partial charge in [-0.3, -0.25) is 9.69 Å². The first-order valence-electron chi connectivity index (χ1n) is 9.96. The molecule has 0 bridgehead atoms. The summed E-state index contributed by atoms with van der Waals surface area (Å²) < 4.78 is 0. The standard InChI is InChI=1S/C23H25N3O/c27-23-20-3-1-2-19(17-8-9-17)21(20)14-22(25-23)18-6-4-16(5-7-18)15-26-12-10-24-11-13-26/h1-7,14,17,24H,8-13,15H2,(H,25,27). The first-order chi connectivity index (χ1) is 13.3. The molecule has 0 atom stereocenters. The predicted molar refractivity (Wildman–Crippen MR) is 110 cm³/mol. The van der Waals surface area contributed by atoms with Crippen molar-refractivity contribution in [2.45, 2.75) is 25.3 Å². The second-order valence-electron chi connectivity index (χ2n) is 7.82. The van der Waals surface area contributed by atoms with Crippen LogP contribution in [0.4, 0.5) is 0 Å². The van der Waals surface area contributed by atoms with Crippen molar-refractivity contribution < 1.29 is 0 Å². The SMILES string of the molecule is O=c1[nH]c(-c2ccc(CN3CCNCC3)cc2)cc2c(C3CC3)cccc12. The second kappa shape index (κ2) is 6.95. The Morgan fingerprint density at radius 2 is 1.74 bits per heavy atom. The Labute approximate surface area is 159 Å². The summed E-state index contributed by atoms with van der Waals surface area (Å²) in [6.07, 6.45) is 2.48. The van der Waals surface area contributed by atoms with Gasteiger partial charge in [-0.15, -0.1) is 0 Å². The third kappa shape index (κ3) is 3.43. The molecule has 3 aromatic rings. The van der Waals surface area contributed by atoms with E-state index in [2.05, 4.69) is 51.6 Å². The number of aromatic nitrogens is 1. The van der Waals surface area contributed by atoms with E-state index in [9.17, 15) is 4.79 Å². The van der Waals surface area contributed by atoms with Crippen LogP contribution in [0.15, 0.2) is 53.3 Å². The molecule has 5 rings (SSSR count). The molecule has 0 amide bonds. The molecule has 1 aliphatic carbocycles. The van der Waals surface area contributed by atoms with Crippen LogP contribution in [0.25, 0.3) is 22.0 Å². The van der Waals surface area contributed by atoms with Gasteiger partial charge in [-0.1, -0.05) is 36.4 Å². The van der Waals surface area contributed by atoms with Crippen LogP contribution in [-0.2, 0) is 6.54 Å². The van der Waals surface area contributed by atoms with E-state index in [4.69, 9.17) is 0 Å². The number of H-pyrrole nitrogens is 1. The van der Waals surface area contributed by atoms with Crippen molar-refractivity contribution in [1.29, 1.82) is 0 Å². The van der Waals surface area contributed by atoms with E-state index < -0.39 is 0 Å². The highest BCUT2D eigenvalue weighted by Crippen LogP contribution is 2.43. The molecule has 1 saturated carbocycles. The van der Waals surface area contributed by atoms with Gasteiger partial charge in [0.25, 0.3) is 5.56 Å². The number of hydrogen-bond donors (Lipinski definition) is 2. The van der Waals surface area contributed by atoms with E-state index in [-0.39, 0.29) is 5.56 Å². The Bertz CT molecular complexity index is 1010. The van der Waals surface area contributed by atoms with Crippen LogP contribution in [0.5, 0.6) is 0 Å². The Hall–Kier alpha value is -2.43. The van der Waals surface area contributed by atoms with Gasteiger partial charge < -0.3 is 10.3 Å². The number of pyridine rings is 1. The van der Waals surface area contributed by atoms with Crippen LogP contribution in [0.1, 0.15) is 29.9 Å². The van der Waals surface area contributed by atoms with Crippen molar-refractivity contribution in [3.8, 4) is 11.3 Å². The lowest BCUT2D eigenvalue weighted by molar-refractivity contribution is 0.233. The van der Waals surface area contributed by atoms with Crippen molar-refractivity contribution in [2.24, 2.45) is 0 Å². The molecule has 2 aliphatic rings. The topological polar surface area (TPSA) is 48.1 Å². The molecule has 0 radical (unpaired) electrons. The lowest BCUT2D eigenvalue weighted by atomic mass is 9.99. The molecule has 27 heavy (non-hydrogen) atoms. The fraction of sp³-hybridized carbons (Fsp3) is 0.348. The summed E-state index contributed by atoms with van der Waals surface area (Å²) in [6.45, 7) is 5.33. The Balaban J connectivity index is 1.46. The molecular formula is C23H25N3O. The lowest BCUT2D eigenvalue weighted by Gasteiger charge is -2.27. The van der Waals surface area contributed by atoms with E-state index >= 15 is 0 Å². The van der Waals surface area contributed by atoms with Gasteiger partial charge >= 0.3 is 0 Å². The molecule has 2 aromatic carbocycles.